The summed E-state index contributed by atoms with van der Waals surface area (Å²) in [5.41, 5.74) is 6.14. The number of nitrogens with zero attached hydrogens (tertiary/aromatic N) is 1. The van der Waals surface area contributed by atoms with Gasteiger partial charge in [0.15, 0.2) is 0 Å². The molecule has 0 aromatic heterocycles. The molecule has 0 spiro atoms. The molecular formula is C14H27N3O3S. The summed E-state index contributed by atoms with van der Waals surface area (Å²) in [6, 6.07) is -0.271. The van der Waals surface area contributed by atoms with Crippen LogP contribution in [0.15, 0.2) is 0 Å². The van der Waals surface area contributed by atoms with E-state index in [4.69, 9.17) is 10.5 Å². The van der Waals surface area contributed by atoms with E-state index in [-0.39, 0.29) is 24.2 Å². The van der Waals surface area contributed by atoms with E-state index in [2.05, 4.69) is 4.72 Å². The molecule has 3 aliphatic rings. The Labute approximate surface area is 127 Å². The predicted molar refractivity (Wildman–Crippen MR) is 80.9 cm³/mol. The second-order valence-electron chi connectivity index (χ2n) is 6.68. The largest absolute Gasteiger partial charge is 0.376 e. The molecule has 0 aromatic carbocycles. The minimum absolute atomic E-state index is 0.0386. The summed E-state index contributed by atoms with van der Waals surface area (Å²) < 4.78 is 35.1. The van der Waals surface area contributed by atoms with Crippen LogP contribution in [0, 0.1) is 5.92 Å². The second-order valence-corrected chi connectivity index (χ2v) is 8.44. The van der Waals surface area contributed by atoms with Crippen LogP contribution >= 0.6 is 0 Å². The Morgan fingerprint density at radius 1 is 1.14 bits per heavy atom. The second kappa shape index (κ2) is 6.12. The van der Waals surface area contributed by atoms with Crippen LogP contribution in [-0.2, 0) is 14.9 Å². The van der Waals surface area contributed by atoms with Gasteiger partial charge in [-0.05, 0) is 25.7 Å². The first-order valence-electron chi connectivity index (χ1n) is 8.13. The van der Waals surface area contributed by atoms with E-state index in [1.165, 1.54) is 10.7 Å². The molecule has 2 aliphatic carbocycles. The lowest BCUT2D eigenvalue weighted by atomic mass is 9.69. The van der Waals surface area contributed by atoms with Crippen molar-refractivity contribution in [3.05, 3.63) is 0 Å². The SMILES string of the molecule is CN(C1CCCCC1)S(=O)(=O)NC1C(N)C2CCCOC21. The molecule has 6 nitrogen and oxygen atoms in total. The summed E-state index contributed by atoms with van der Waals surface area (Å²) in [7, 11) is -1.80. The third kappa shape index (κ3) is 2.99. The Balaban J connectivity index is 1.62. The van der Waals surface area contributed by atoms with Crippen LogP contribution in [0.1, 0.15) is 44.9 Å². The Bertz CT molecular complexity index is 464. The molecule has 1 saturated heterocycles. The maximum atomic E-state index is 12.6. The van der Waals surface area contributed by atoms with Crippen molar-refractivity contribution >= 4 is 10.2 Å². The fourth-order valence-corrected chi connectivity index (χ4v) is 5.39. The van der Waals surface area contributed by atoms with Gasteiger partial charge in [0.05, 0.1) is 12.1 Å². The summed E-state index contributed by atoms with van der Waals surface area (Å²) in [5, 5.41) is 0. The van der Waals surface area contributed by atoms with Gasteiger partial charge in [0, 0.05) is 31.7 Å². The summed E-state index contributed by atoms with van der Waals surface area (Å²) in [6.07, 6.45) is 7.38. The van der Waals surface area contributed by atoms with Crippen LogP contribution in [0.25, 0.3) is 0 Å². The lowest BCUT2D eigenvalue weighted by Gasteiger charge is -2.52. The van der Waals surface area contributed by atoms with Crippen LogP contribution in [-0.4, -0.2) is 50.6 Å². The molecule has 21 heavy (non-hydrogen) atoms. The van der Waals surface area contributed by atoms with E-state index >= 15 is 0 Å². The lowest BCUT2D eigenvalue weighted by Crippen LogP contribution is -2.72. The van der Waals surface area contributed by atoms with Gasteiger partial charge in [-0.2, -0.15) is 17.4 Å². The van der Waals surface area contributed by atoms with Crippen LogP contribution in [0.3, 0.4) is 0 Å². The molecule has 3 fully saturated rings. The molecule has 1 heterocycles. The van der Waals surface area contributed by atoms with Crippen molar-refractivity contribution in [3.8, 4) is 0 Å². The highest BCUT2D eigenvalue weighted by Crippen LogP contribution is 2.37. The first kappa shape index (κ1) is 15.7. The van der Waals surface area contributed by atoms with E-state index < -0.39 is 10.2 Å². The number of rotatable bonds is 4. The molecule has 0 radical (unpaired) electrons. The van der Waals surface area contributed by atoms with Crippen molar-refractivity contribution in [2.24, 2.45) is 11.7 Å². The summed E-state index contributed by atoms with van der Waals surface area (Å²) >= 11 is 0. The number of hydrogen-bond donors (Lipinski definition) is 2. The van der Waals surface area contributed by atoms with Gasteiger partial charge in [0.1, 0.15) is 0 Å². The molecular weight excluding hydrogens is 290 g/mol. The summed E-state index contributed by atoms with van der Waals surface area (Å²) in [5.74, 6) is 0.312. The van der Waals surface area contributed by atoms with Crippen molar-refractivity contribution in [3.63, 3.8) is 0 Å². The Morgan fingerprint density at radius 2 is 1.86 bits per heavy atom. The topological polar surface area (TPSA) is 84.7 Å². The fraction of sp³-hybridized carbons (Fsp3) is 1.00. The Hall–Kier alpha value is -0.210. The van der Waals surface area contributed by atoms with Crippen LogP contribution in [0.2, 0.25) is 0 Å². The van der Waals surface area contributed by atoms with Crippen LogP contribution in [0.5, 0.6) is 0 Å². The molecule has 4 atom stereocenters. The fourth-order valence-electron chi connectivity index (χ4n) is 3.99. The van der Waals surface area contributed by atoms with Crippen molar-refractivity contribution in [1.82, 2.24) is 9.03 Å². The summed E-state index contributed by atoms with van der Waals surface area (Å²) in [4.78, 5) is 0. The normalized spacial score (nSPS) is 38.0. The maximum absolute atomic E-state index is 12.6. The van der Waals surface area contributed by atoms with E-state index in [0.29, 0.717) is 12.5 Å². The minimum Gasteiger partial charge on any atom is -0.376 e. The lowest BCUT2D eigenvalue weighted by molar-refractivity contribution is -0.114. The zero-order valence-corrected chi connectivity index (χ0v) is 13.5. The van der Waals surface area contributed by atoms with Gasteiger partial charge < -0.3 is 10.5 Å². The van der Waals surface area contributed by atoms with Crippen LogP contribution < -0.4 is 10.5 Å². The first-order chi connectivity index (χ1) is 10.0. The molecule has 4 unspecified atom stereocenters. The molecule has 2 saturated carbocycles. The van der Waals surface area contributed by atoms with E-state index in [0.717, 1.165) is 38.5 Å². The zero-order chi connectivity index (χ0) is 15.0. The van der Waals surface area contributed by atoms with Gasteiger partial charge >= 0.3 is 0 Å². The van der Waals surface area contributed by atoms with Crippen molar-refractivity contribution in [2.75, 3.05) is 13.7 Å². The number of fused-ring (bicyclic) bond motifs is 1. The standard InChI is InChI=1S/C14H27N3O3S/c1-17(10-6-3-2-4-7-10)21(18,19)16-13-12(15)11-8-5-9-20-14(11)13/h10-14,16H,2-9,15H2,1H3. The Morgan fingerprint density at radius 3 is 2.57 bits per heavy atom. The third-order valence-corrected chi connectivity index (χ3v) is 7.06. The van der Waals surface area contributed by atoms with Gasteiger partial charge in [0.2, 0.25) is 0 Å². The number of nitrogens with two attached hydrogens (primary N) is 1. The van der Waals surface area contributed by atoms with E-state index in [1.807, 2.05) is 0 Å². The zero-order valence-electron chi connectivity index (χ0n) is 12.7. The quantitative estimate of drug-likeness (QED) is 0.795. The van der Waals surface area contributed by atoms with Crippen LogP contribution in [0.4, 0.5) is 0 Å². The van der Waals surface area contributed by atoms with Crippen molar-refractivity contribution in [2.45, 2.75) is 69.2 Å². The monoisotopic (exact) mass is 317 g/mol. The average molecular weight is 317 g/mol. The first-order valence-corrected chi connectivity index (χ1v) is 9.57. The molecule has 0 bridgehead atoms. The molecule has 1 aliphatic heterocycles. The summed E-state index contributed by atoms with van der Waals surface area (Å²) in [6.45, 7) is 0.713. The Kier molecular flexibility index (Phi) is 4.57. The highest BCUT2D eigenvalue weighted by Gasteiger charge is 2.52. The molecule has 122 valence electrons. The maximum Gasteiger partial charge on any atom is 0.279 e. The minimum atomic E-state index is -3.48. The van der Waals surface area contributed by atoms with Gasteiger partial charge in [-0.1, -0.05) is 19.3 Å². The molecule has 0 amide bonds. The highest BCUT2D eigenvalue weighted by atomic mass is 32.2. The van der Waals surface area contributed by atoms with E-state index in [9.17, 15) is 8.42 Å². The van der Waals surface area contributed by atoms with Gasteiger partial charge in [0.25, 0.3) is 10.2 Å². The molecule has 7 heteroatoms. The third-order valence-electron chi connectivity index (χ3n) is 5.43. The van der Waals surface area contributed by atoms with Gasteiger partial charge in [-0.3, -0.25) is 0 Å². The number of hydrogen-bond acceptors (Lipinski definition) is 4. The molecule has 3 rings (SSSR count). The number of nitrogens with one attached hydrogen (secondary N) is 1. The van der Waals surface area contributed by atoms with Gasteiger partial charge in [-0.15, -0.1) is 0 Å². The average Bonchev–Trinajstić information content (AvgIpc) is 2.52. The highest BCUT2D eigenvalue weighted by molar-refractivity contribution is 7.87. The number of ether oxygens (including phenoxy) is 1. The van der Waals surface area contributed by atoms with E-state index in [1.54, 1.807) is 7.05 Å². The molecule has 0 aromatic rings. The molecule has 3 N–H and O–H groups in total. The smallest absolute Gasteiger partial charge is 0.279 e. The van der Waals surface area contributed by atoms with Crippen molar-refractivity contribution in [1.29, 1.82) is 0 Å². The predicted octanol–water partition coefficient (Wildman–Crippen LogP) is 0.590. The van der Waals surface area contributed by atoms with Gasteiger partial charge in [-0.25, -0.2) is 0 Å². The van der Waals surface area contributed by atoms with Crippen molar-refractivity contribution < 1.29 is 13.2 Å².